The van der Waals surface area contributed by atoms with E-state index >= 15 is 0 Å². The van der Waals surface area contributed by atoms with E-state index in [1.54, 1.807) is 0 Å². The highest BCUT2D eigenvalue weighted by Gasteiger charge is 2.47. The summed E-state index contributed by atoms with van der Waals surface area (Å²) in [6, 6.07) is 29.9. The van der Waals surface area contributed by atoms with Crippen LogP contribution in [-0.2, 0) is 17.2 Å². The molecule has 4 nitrogen and oxygen atoms in total. The van der Waals surface area contributed by atoms with Crippen molar-refractivity contribution < 1.29 is 17.2 Å². The highest BCUT2D eigenvalue weighted by atomic mass is 31.2. The minimum Gasteiger partial charge on any atom is -0.326 e. The third kappa shape index (κ3) is 6.26. The minimum absolute atomic E-state index is 1.05. The number of phosphoric acid groups is 1. The number of benzene rings is 3. The number of hydrogen-bond acceptors (Lipinski definition) is 4. The second kappa shape index (κ2) is 9.73. The van der Waals surface area contributed by atoms with Gasteiger partial charge in [0.25, 0.3) is 0 Å². The summed E-state index contributed by atoms with van der Waals surface area (Å²) < 4.78 is 33.8. The van der Waals surface area contributed by atoms with Crippen molar-refractivity contribution in [3.05, 3.63) is 91.0 Å². The van der Waals surface area contributed by atoms with E-state index in [4.69, 9.17) is 12.6 Å². The lowest BCUT2D eigenvalue weighted by Crippen LogP contribution is -2.50. The molecule has 0 saturated heterocycles. The molecule has 0 saturated carbocycles. The summed E-state index contributed by atoms with van der Waals surface area (Å²) in [6.45, 7) is 12.2. The molecule has 32 heavy (non-hydrogen) atoms. The summed E-state index contributed by atoms with van der Waals surface area (Å²) in [4.78, 5) is 0. The lowest BCUT2D eigenvalue weighted by atomic mass is 10.4. The van der Waals surface area contributed by atoms with Crippen LogP contribution < -0.4 is 15.6 Å². The topological polar surface area (TPSA) is 44.8 Å². The van der Waals surface area contributed by atoms with Crippen LogP contribution in [0.5, 0.6) is 0 Å². The van der Waals surface area contributed by atoms with Gasteiger partial charge < -0.3 is 12.6 Å². The van der Waals surface area contributed by atoms with Crippen LogP contribution in [0.15, 0.2) is 91.0 Å². The minimum atomic E-state index is -3.90. The molecule has 3 rings (SSSR count). The van der Waals surface area contributed by atoms with Gasteiger partial charge in [-0.05, 0) is 54.8 Å². The summed E-state index contributed by atoms with van der Waals surface area (Å²) >= 11 is 0. The van der Waals surface area contributed by atoms with Crippen LogP contribution in [0.25, 0.3) is 0 Å². The fourth-order valence-corrected chi connectivity index (χ4v) is 16.0. The fraction of sp³-hybridized carbons (Fsp3) is 0.250. The normalized spacial score (nSPS) is 13.2. The molecule has 0 N–H and O–H groups in total. The average Bonchev–Trinajstić information content (AvgIpc) is 2.74. The first-order chi connectivity index (χ1) is 14.9. The molecule has 0 aliphatic carbocycles. The van der Waals surface area contributed by atoms with Gasteiger partial charge >= 0.3 is 7.82 Å². The molecule has 3 aromatic carbocycles. The Kier molecular flexibility index (Phi) is 7.62. The van der Waals surface area contributed by atoms with Gasteiger partial charge in [-0.25, -0.2) is 4.57 Å². The maximum atomic E-state index is 14.4. The van der Waals surface area contributed by atoms with Gasteiger partial charge in [0.2, 0.25) is 25.0 Å². The van der Waals surface area contributed by atoms with Gasteiger partial charge in [-0.3, -0.25) is 0 Å². The summed E-state index contributed by atoms with van der Waals surface area (Å²) in [6.07, 6.45) is 0. The Labute approximate surface area is 195 Å². The molecule has 3 aromatic rings. The molecule has 0 atom stereocenters. The molecule has 0 aliphatic heterocycles. The first-order valence-electron chi connectivity index (χ1n) is 10.8. The maximum Gasteiger partial charge on any atom is 0.446 e. The predicted octanol–water partition coefficient (Wildman–Crippen LogP) is 5.48. The van der Waals surface area contributed by atoms with Crippen molar-refractivity contribution in [1.82, 2.24) is 0 Å². The Balaban J connectivity index is 1.99. The third-order valence-corrected chi connectivity index (χ3v) is 18.8. The van der Waals surface area contributed by atoms with E-state index in [9.17, 15) is 4.57 Å². The van der Waals surface area contributed by atoms with Crippen LogP contribution in [-0.4, -0.2) is 25.0 Å². The van der Waals surface area contributed by atoms with Gasteiger partial charge in [0.15, 0.2) is 0 Å². The predicted molar refractivity (Wildman–Crippen MR) is 142 cm³/mol. The van der Waals surface area contributed by atoms with E-state index in [1.165, 1.54) is 0 Å². The van der Waals surface area contributed by atoms with E-state index in [0.29, 0.717) is 0 Å². The lowest BCUT2D eigenvalue weighted by Gasteiger charge is -2.37. The standard InChI is InChI=1S/C24H33O4PSi3/c1-30(2,22-16-10-7-11-17-22)26-29(25,27-31(3,4)23-18-12-8-13-19-23)28-32(5,6)24-20-14-9-15-21-24/h7-21H,1-6H3. The van der Waals surface area contributed by atoms with Crippen molar-refractivity contribution >= 4 is 48.3 Å². The average molecular weight is 501 g/mol. The second-order valence-corrected chi connectivity index (χ2v) is 23.2. The molecule has 0 heterocycles. The Morgan fingerprint density at radius 2 is 0.688 bits per heavy atom. The monoisotopic (exact) mass is 500 g/mol. The Bertz CT molecular complexity index is 922. The molecule has 0 aliphatic rings. The molecule has 0 bridgehead atoms. The van der Waals surface area contributed by atoms with Gasteiger partial charge in [0, 0.05) is 0 Å². The van der Waals surface area contributed by atoms with Crippen molar-refractivity contribution in [2.75, 3.05) is 0 Å². The van der Waals surface area contributed by atoms with Gasteiger partial charge in [-0.2, -0.15) is 0 Å². The van der Waals surface area contributed by atoms with Crippen LogP contribution in [0.3, 0.4) is 0 Å². The molecule has 0 radical (unpaired) electrons. The molecule has 0 amide bonds. The van der Waals surface area contributed by atoms with Crippen molar-refractivity contribution in [2.24, 2.45) is 0 Å². The molecule has 170 valence electrons. The molecular weight excluding hydrogens is 467 g/mol. The van der Waals surface area contributed by atoms with Crippen molar-refractivity contribution in [3.63, 3.8) is 0 Å². The van der Waals surface area contributed by atoms with E-state index < -0.39 is 32.8 Å². The van der Waals surface area contributed by atoms with Crippen LogP contribution in [0.1, 0.15) is 0 Å². The molecule has 0 aromatic heterocycles. The first-order valence-corrected chi connectivity index (χ1v) is 21.0. The summed E-state index contributed by atoms with van der Waals surface area (Å²) in [7, 11) is -11.6. The van der Waals surface area contributed by atoms with Crippen LogP contribution in [0.4, 0.5) is 0 Å². The third-order valence-electron chi connectivity index (χ3n) is 5.43. The quantitative estimate of drug-likeness (QED) is 0.288. The molecule has 8 heteroatoms. The zero-order valence-electron chi connectivity index (χ0n) is 19.7. The molecular formula is C24H33O4PSi3. The summed E-state index contributed by atoms with van der Waals surface area (Å²) in [5.41, 5.74) is 0. The molecule has 0 fully saturated rings. The zero-order valence-corrected chi connectivity index (χ0v) is 23.6. The van der Waals surface area contributed by atoms with E-state index in [-0.39, 0.29) is 0 Å². The fourth-order valence-electron chi connectivity index (χ4n) is 3.57. The van der Waals surface area contributed by atoms with E-state index in [0.717, 1.165) is 15.6 Å². The summed E-state index contributed by atoms with van der Waals surface area (Å²) in [5.74, 6) is 0. The van der Waals surface area contributed by atoms with E-state index in [2.05, 4.69) is 0 Å². The Morgan fingerprint density at radius 3 is 0.906 bits per heavy atom. The number of hydrogen-bond donors (Lipinski definition) is 0. The Hall–Kier alpha value is -1.58. The zero-order chi connectivity index (χ0) is 23.5. The maximum absolute atomic E-state index is 14.4. The SMILES string of the molecule is C[Si](C)(OP(=O)(O[Si](C)(C)c1ccccc1)O[Si](C)(C)c1ccccc1)c1ccccc1. The van der Waals surface area contributed by atoms with Gasteiger partial charge in [0.1, 0.15) is 0 Å². The highest BCUT2D eigenvalue weighted by molar-refractivity contribution is 7.54. The number of rotatable bonds is 9. The highest BCUT2D eigenvalue weighted by Crippen LogP contribution is 2.55. The summed E-state index contributed by atoms with van der Waals surface area (Å²) in [5, 5.41) is 3.14. The van der Waals surface area contributed by atoms with Crippen molar-refractivity contribution in [2.45, 2.75) is 39.3 Å². The second-order valence-electron chi connectivity index (χ2n) is 9.35. The van der Waals surface area contributed by atoms with Crippen LogP contribution in [0.2, 0.25) is 39.3 Å². The largest absolute Gasteiger partial charge is 0.446 e. The van der Waals surface area contributed by atoms with E-state index in [1.807, 2.05) is 130 Å². The van der Waals surface area contributed by atoms with Crippen molar-refractivity contribution in [1.29, 1.82) is 0 Å². The molecule has 0 spiro atoms. The van der Waals surface area contributed by atoms with Crippen LogP contribution >= 0.6 is 7.82 Å². The van der Waals surface area contributed by atoms with Crippen molar-refractivity contribution in [3.8, 4) is 0 Å². The van der Waals surface area contributed by atoms with Gasteiger partial charge in [0.05, 0.1) is 0 Å². The van der Waals surface area contributed by atoms with Crippen LogP contribution in [0, 0.1) is 0 Å². The van der Waals surface area contributed by atoms with Gasteiger partial charge in [-0.15, -0.1) is 0 Å². The lowest BCUT2D eigenvalue weighted by molar-refractivity contribution is 0.296. The first kappa shape index (κ1) is 25.1. The van der Waals surface area contributed by atoms with Gasteiger partial charge in [-0.1, -0.05) is 91.0 Å². The Morgan fingerprint density at radius 1 is 0.469 bits per heavy atom. The smallest absolute Gasteiger partial charge is 0.326 e. The molecule has 0 unspecified atom stereocenters.